The molecule has 0 aromatic heterocycles. The normalized spacial score (nSPS) is 6.29. The van der Waals surface area contributed by atoms with Crippen LogP contribution < -0.4 is 0 Å². The van der Waals surface area contributed by atoms with E-state index in [1.165, 1.54) is 0 Å². The maximum absolute atomic E-state index is 9.41. The highest BCUT2D eigenvalue weighted by Gasteiger charge is 1.92. The van der Waals surface area contributed by atoms with E-state index in [4.69, 9.17) is 9.90 Å². The molecule has 0 saturated heterocycles. The number of aldehydes is 1. The predicted octanol–water partition coefficient (Wildman–Crippen LogP) is 0.272. The van der Waals surface area contributed by atoms with Crippen LogP contribution in [0.5, 0.6) is 0 Å². The first kappa shape index (κ1) is 9.46. The number of hydrogen-bond acceptors (Lipinski definition) is 1. The number of aliphatic carboxylic acids is 1. The molecule has 0 bridgehead atoms. The van der Waals surface area contributed by atoms with Gasteiger partial charge in [-0.1, -0.05) is 7.43 Å². The molecule has 0 atom stereocenters. The second kappa shape index (κ2) is 5.14. The maximum atomic E-state index is 9.41. The van der Waals surface area contributed by atoms with Crippen LogP contribution in [0.15, 0.2) is 0 Å². The van der Waals surface area contributed by atoms with E-state index < -0.39 is 5.97 Å². The molecule has 0 aliphatic rings. The third kappa shape index (κ3) is 11.1. The zero-order valence-electron chi connectivity index (χ0n) is 3.09. The summed E-state index contributed by atoms with van der Waals surface area (Å²) < 4.78 is 0. The molecule has 0 aromatic rings. The molecule has 3 nitrogen and oxygen atoms in total. The fourth-order valence-electron chi connectivity index (χ4n) is 0.0781. The van der Waals surface area contributed by atoms with E-state index >= 15 is 0 Å². The molecule has 0 saturated carbocycles. The van der Waals surface area contributed by atoms with Gasteiger partial charge in [-0.15, -0.1) is 0 Å². The fourth-order valence-corrected chi connectivity index (χ4v) is 0.0781. The van der Waals surface area contributed by atoms with Gasteiger partial charge in [0.1, 0.15) is 0 Å². The van der Waals surface area contributed by atoms with Gasteiger partial charge in [-0.2, -0.15) is 0 Å². The van der Waals surface area contributed by atoms with E-state index in [0.29, 0.717) is 6.29 Å². The number of carbonyl (C=O) groups excluding carboxylic acids is 1. The van der Waals surface area contributed by atoms with Gasteiger partial charge in [-0.05, 0) is 0 Å². The summed E-state index contributed by atoms with van der Waals surface area (Å²) in [6, 6.07) is 0. The van der Waals surface area contributed by atoms with Crippen LogP contribution in [-0.4, -0.2) is 22.2 Å². The zero-order valence-corrected chi connectivity index (χ0v) is 3.09. The van der Waals surface area contributed by atoms with Gasteiger partial charge >= 0.3 is 5.97 Å². The smallest absolute Gasteiger partial charge is 0.316 e. The maximum Gasteiger partial charge on any atom is 0.316 e. The molecule has 0 spiro atoms. The highest BCUT2D eigenvalue weighted by molar-refractivity contribution is 5.82. The van der Waals surface area contributed by atoms with Crippen molar-refractivity contribution < 1.29 is 14.7 Å². The van der Waals surface area contributed by atoms with Crippen molar-refractivity contribution in [2.24, 2.45) is 0 Å². The topological polar surface area (TPSA) is 58.7 Å². The summed E-state index contributed by atoms with van der Waals surface area (Å²) in [4.78, 5) is 17.1. The van der Waals surface area contributed by atoms with E-state index in [-0.39, 0.29) is 13.8 Å². The molecule has 0 heterocycles. The van der Waals surface area contributed by atoms with E-state index in [9.17, 15) is 4.79 Å². The molecule has 0 fully saturated rings. The molecule has 0 aromatic carbocycles. The molecule has 2 N–H and O–H groups in total. The van der Waals surface area contributed by atoms with E-state index in [1.807, 2.05) is 0 Å². The number of hydrogen-bond donors (Lipinski definition) is 1. The Bertz CT molecular complexity index is 67.3. The number of carboxylic acids is 1. The average molecular weight is 105 g/mol. The Labute approximate surface area is 42.0 Å². The minimum atomic E-state index is -1.02. The second-order valence-electron chi connectivity index (χ2n) is 0.780. The Balaban J connectivity index is 0. The van der Waals surface area contributed by atoms with Crippen molar-refractivity contribution in [1.82, 2.24) is 0 Å². The second-order valence-corrected chi connectivity index (χ2v) is 0.780. The molecule has 0 unspecified atom stereocenters. The van der Waals surface area contributed by atoms with E-state index in [1.54, 1.807) is 0 Å². The summed E-state index contributed by atoms with van der Waals surface area (Å²) in [5, 5.41) is 7.72. The summed E-state index contributed by atoms with van der Waals surface area (Å²) in [7, 11) is 0. The van der Waals surface area contributed by atoms with Crippen molar-refractivity contribution in [3.8, 4) is 0 Å². The lowest BCUT2D eigenvalue weighted by Crippen LogP contribution is -1.93. The van der Waals surface area contributed by atoms with Crippen molar-refractivity contribution in [2.45, 2.75) is 13.8 Å². The quantitative estimate of drug-likeness (QED) is 0.311. The van der Waals surface area contributed by atoms with Crippen molar-refractivity contribution in [3.05, 3.63) is 0 Å². The monoisotopic (exact) mass is 105 g/mol. The van der Waals surface area contributed by atoms with Gasteiger partial charge in [0, 0.05) is 0 Å². The zero-order chi connectivity index (χ0) is 4.99. The number of carboxylic acid groups (broad SMARTS) is 1. The van der Waals surface area contributed by atoms with Crippen LogP contribution in [0.1, 0.15) is 13.8 Å². The molecule has 0 rings (SSSR count). The first-order chi connectivity index (χ1) is 2.77. The van der Waals surface area contributed by atoms with Crippen LogP contribution >= 0.6 is 0 Å². The lowest BCUT2D eigenvalue weighted by molar-refractivity contribution is -0.135. The van der Waals surface area contributed by atoms with Crippen molar-refractivity contribution in [3.63, 3.8) is 0 Å². The van der Waals surface area contributed by atoms with Crippen LogP contribution in [0, 0.1) is 0 Å². The third-order valence-corrected chi connectivity index (χ3v) is 0.266. The average Bonchev–Trinajstić information content (AvgIpc) is 1.35. The number of rotatable bonds is 2. The summed E-state index contributed by atoms with van der Waals surface area (Å²) >= 11 is 0. The first-order valence-electron chi connectivity index (χ1n) is 1.45. The Morgan fingerprint density at radius 2 is 2.29 bits per heavy atom. The largest absolute Gasteiger partial charge is 0.481 e. The van der Waals surface area contributed by atoms with E-state index in [2.05, 4.69) is 0 Å². The molecule has 3 heteroatoms. The van der Waals surface area contributed by atoms with Gasteiger partial charge in [0.2, 0.25) is 0 Å². The lowest BCUT2D eigenvalue weighted by Gasteiger charge is -1.68. The third-order valence-electron chi connectivity index (χ3n) is 0.266. The van der Waals surface area contributed by atoms with Crippen molar-refractivity contribution in [1.29, 1.82) is 0 Å². The highest BCUT2D eigenvalue weighted by atomic mass is 16.4. The first-order valence-corrected chi connectivity index (χ1v) is 1.45. The van der Waals surface area contributed by atoms with Gasteiger partial charge in [-0.3, -0.25) is 9.59 Å². The van der Waals surface area contributed by atoms with Crippen LogP contribution in [0.4, 0.5) is 0 Å². The standard InChI is InChI=1S/C3H4O3.CH4/c4-2-1-3(5)6;/h2H,1H2,(H,5,6);1H4/p+1. The van der Waals surface area contributed by atoms with Crippen LogP contribution in [0.3, 0.4) is 0 Å². The highest BCUT2D eigenvalue weighted by Crippen LogP contribution is 1.64. The Kier molecular flexibility index (Phi) is 6.95. The summed E-state index contributed by atoms with van der Waals surface area (Å²) in [5.41, 5.74) is 0. The SMILES string of the molecule is C.O=C(O)CC=[OH+]. The molecular weight excluding hydrogens is 96.0 g/mol. The minimum Gasteiger partial charge on any atom is -0.481 e. The van der Waals surface area contributed by atoms with Gasteiger partial charge in [0.05, 0.1) is 0 Å². The van der Waals surface area contributed by atoms with Gasteiger partial charge in [-0.25, -0.2) is 0 Å². The van der Waals surface area contributed by atoms with Gasteiger partial charge in [0.15, 0.2) is 6.42 Å². The van der Waals surface area contributed by atoms with Crippen molar-refractivity contribution >= 4 is 12.3 Å². The molecule has 0 radical (unpaired) electrons. The van der Waals surface area contributed by atoms with Crippen LogP contribution in [0.2, 0.25) is 0 Å². The Morgan fingerprint density at radius 1 is 1.86 bits per heavy atom. The van der Waals surface area contributed by atoms with Crippen molar-refractivity contribution in [2.75, 3.05) is 0 Å². The molecule has 0 amide bonds. The lowest BCUT2D eigenvalue weighted by atomic mass is 10.5. The van der Waals surface area contributed by atoms with Gasteiger partial charge < -0.3 is 5.11 Å². The number of carbonyl (C=O) groups is 1. The Morgan fingerprint density at radius 3 is 2.29 bits per heavy atom. The van der Waals surface area contributed by atoms with E-state index in [0.717, 1.165) is 0 Å². The van der Waals surface area contributed by atoms with Crippen LogP contribution in [-0.2, 0) is 4.79 Å². The minimum absolute atomic E-state index is 0. The predicted molar refractivity (Wildman–Crippen MR) is 27.0 cm³/mol. The summed E-state index contributed by atoms with van der Waals surface area (Å²) in [6.45, 7) is 0. The summed E-state index contributed by atoms with van der Waals surface area (Å²) in [6.07, 6.45) is 0.322. The molecule has 42 valence electrons. The summed E-state index contributed by atoms with van der Waals surface area (Å²) in [5.74, 6) is -1.02. The molecular formula is C4H9O3+. The van der Waals surface area contributed by atoms with Gasteiger partial charge in [0.25, 0.3) is 6.29 Å². The molecule has 0 aliphatic carbocycles. The fraction of sp³-hybridized carbons (Fsp3) is 0.500. The Hall–Kier alpha value is -0.860. The molecule has 7 heavy (non-hydrogen) atoms. The van der Waals surface area contributed by atoms with Crippen LogP contribution in [0.25, 0.3) is 0 Å². The molecule has 0 aliphatic heterocycles.